The molecule has 1 aliphatic heterocycles. The molecule has 0 spiro atoms. The summed E-state index contributed by atoms with van der Waals surface area (Å²) in [6.07, 6.45) is 6.12. The van der Waals surface area contributed by atoms with Gasteiger partial charge in [0.15, 0.2) is 5.82 Å². The second kappa shape index (κ2) is 6.84. The van der Waals surface area contributed by atoms with Gasteiger partial charge in [0, 0.05) is 50.4 Å². The van der Waals surface area contributed by atoms with E-state index in [0.717, 1.165) is 44.2 Å². The second-order valence-corrected chi connectivity index (χ2v) is 5.80. The highest BCUT2D eigenvalue weighted by molar-refractivity contribution is 5.10. The first kappa shape index (κ1) is 14.9. The molecule has 4 heterocycles. The summed E-state index contributed by atoms with van der Waals surface area (Å²) >= 11 is 0. The molecular weight excluding hydrogens is 306 g/mol. The lowest BCUT2D eigenvalue weighted by molar-refractivity contribution is 0.258. The molecule has 0 amide bonds. The van der Waals surface area contributed by atoms with Crippen LogP contribution in [-0.4, -0.2) is 37.7 Å². The molecule has 0 bridgehead atoms. The van der Waals surface area contributed by atoms with Gasteiger partial charge in [-0.3, -0.25) is 4.90 Å². The summed E-state index contributed by atoms with van der Waals surface area (Å²) in [6, 6.07) is 7.62. The second-order valence-electron chi connectivity index (χ2n) is 5.80. The highest BCUT2D eigenvalue weighted by Gasteiger charge is 2.19. The highest BCUT2D eigenvalue weighted by Crippen LogP contribution is 2.14. The molecule has 0 atom stereocenters. The summed E-state index contributed by atoms with van der Waals surface area (Å²) in [5.41, 5.74) is 1.20. The summed E-state index contributed by atoms with van der Waals surface area (Å²) in [4.78, 5) is 6.57. The summed E-state index contributed by atoms with van der Waals surface area (Å²) in [7, 11) is 0. The van der Waals surface area contributed by atoms with Crippen LogP contribution in [0.4, 0.5) is 0 Å². The lowest BCUT2D eigenvalue weighted by Crippen LogP contribution is -2.26. The fourth-order valence-electron chi connectivity index (χ4n) is 2.90. The van der Waals surface area contributed by atoms with Crippen LogP contribution in [0.2, 0.25) is 0 Å². The molecule has 4 rings (SSSR count). The number of nitrogens with zero attached hydrogens (tertiary/aromatic N) is 5. The van der Waals surface area contributed by atoms with E-state index in [0.29, 0.717) is 12.5 Å². The zero-order valence-electron chi connectivity index (χ0n) is 13.3. The molecular formula is C17H19N5O2. The van der Waals surface area contributed by atoms with Crippen molar-refractivity contribution in [3.05, 3.63) is 60.2 Å². The van der Waals surface area contributed by atoms with Gasteiger partial charge in [-0.25, -0.2) is 4.98 Å². The molecule has 0 aliphatic carbocycles. The number of hydrogen-bond donors (Lipinski definition) is 0. The topological polar surface area (TPSA) is 69.2 Å². The van der Waals surface area contributed by atoms with Gasteiger partial charge in [-0.1, -0.05) is 6.07 Å². The molecule has 0 fully saturated rings. The Balaban J connectivity index is 1.40. The first-order chi connectivity index (χ1) is 11.9. The van der Waals surface area contributed by atoms with Crippen molar-refractivity contribution in [2.24, 2.45) is 0 Å². The van der Waals surface area contributed by atoms with Gasteiger partial charge < -0.3 is 13.7 Å². The quantitative estimate of drug-likeness (QED) is 0.714. The summed E-state index contributed by atoms with van der Waals surface area (Å²) in [6.45, 7) is 4.05. The number of fused-ring (bicyclic) bond motifs is 1. The van der Waals surface area contributed by atoms with Gasteiger partial charge in [-0.05, 0) is 12.1 Å². The van der Waals surface area contributed by atoms with Crippen LogP contribution in [0, 0.1) is 0 Å². The van der Waals surface area contributed by atoms with E-state index in [1.165, 1.54) is 5.56 Å². The Kier molecular flexibility index (Phi) is 4.24. The Labute approximate surface area is 139 Å². The number of furan rings is 1. The predicted octanol–water partition coefficient (Wildman–Crippen LogP) is 1.90. The molecule has 0 saturated carbocycles. The lowest BCUT2D eigenvalue weighted by Gasteiger charge is -2.18. The fraction of sp³-hybridized carbons (Fsp3) is 0.353. The van der Waals surface area contributed by atoms with E-state index < -0.39 is 0 Å². The number of rotatable bonds is 5. The van der Waals surface area contributed by atoms with Gasteiger partial charge in [0.05, 0.1) is 12.5 Å². The molecule has 24 heavy (non-hydrogen) atoms. The van der Waals surface area contributed by atoms with Crippen molar-refractivity contribution in [1.82, 2.24) is 24.6 Å². The minimum Gasteiger partial charge on any atom is -0.472 e. The number of ether oxygens (including phenoxy) is 1. The normalized spacial score (nSPS) is 15.0. The van der Waals surface area contributed by atoms with Crippen LogP contribution >= 0.6 is 0 Å². The maximum Gasteiger partial charge on any atom is 0.213 e. The largest absolute Gasteiger partial charge is 0.472 e. The highest BCUT2D eigenvalue weighted by atomic mass is 16.5. The monoisotopic (exact) mass is 325 g/mol. The molecule has 3 aromatic heterocycles. The van der Waals surface area contributed by atoms with E-state index in [2.05, 4.69) is 24.6 Å². The maximum absolute atomic E-state index is 5.71. The Hall–Kier alpha value is -2.67. The van der Waals surface area contributed by atoms with Crippen molar-refractivity contribution in [2.45, 2.75) is 26.1 Å². The summed E-state index contributed by atoms with van der Waals surface area (Å²) < 4.78 is 13.0. The third-order valence-electron chi connectivity index (χ3n) is 4.17. The smallest absolute Gasteiger partial charge is 0.213 e. The van der Waals surface area contributed by atoms with Crippen LogP contribution in [0.1, 0.15) is 17.2 Å². The minimum atomic E-state index is 0.381. The Morgan fingerprint density at radius 1 is 1.12 bits per heavy atom. The number of pyridine rings is 1. The van der Waals surface area contributed by atoms with E-state index >= 15 is 0 Å². The van der Waals surface area contributed by atoms with Crippen LogP contribution < -0.4 is 4.74 Å². The zero-order valence-corrected chi connectivity index (χ0v) is 13.3. The van der Waals surface area contributed by atoms with E-state index in [9.17, 15) is 0 Å². The maximum atomic E-state index is 5.71. The fourth-order valence-corrected chi connectivity index (χ4v) is 2.90. The zero-order chi connectivity index (χ0) is 16.2. The first-order valence-electron chi connectivity index (χ1n) is 8.07. The Morgan fingerprint density at radius 2 is 2.12 bits per heavy atom. The van der Waals surface area contributed by atoms with Gasteiger partial charge in [0.25, 0.3) is 0 Å². The number of aromatic nitrogens is 4. The Bertz CT molecular complexity index is 770. The molecule has 1 aliphatic rings. The average molecular weight is 325 g/mol. The molecule has 0 radical (unpaired) electrons. The van der Waals surface area contributed by atoms with Crippen LogP contribution in [-0.2, 0) is 26.1 Å². The van der Waals surface area contributed by atoms with Gasteiger partial charge in [-0.15, -0.1) is 10.2 Å². The van der Waals surface area contributed by atoms with Crippen molar-refractivity contribution in [3.8, 4) is 5.88 Å². The standard InChI is InChI=1S/C17H19N5O2/c1-2-6-18-17(3-1)24-13-16-20-19-15-4-7-21(8-9-22(15)16)11-14-5-10-23-12-14/h1-3,5-6,10,12H,4,7-9,11,13H2. The number of hydrogen-bond acceptors (Lipinski definition) is 6. The minimum absolute atomic E-state index is 0.381. The summed E-state index contributed by atoms with van der Waals surface area (Å²) in [5, 5.41) is 8.61. The molecule has 0 N–H and O–H groups in total. The van der Waals surface area contributed by atoms with Crippen LogP contribution in [0.3, 0.4) is 0 Å². The van der Waals surface area contributed by atoms with E-state index in [1.807, 2.05) is 24.3 Å². The van der Waals surface area contributed by atoms with Crippen LogP contribution in [0.25, 0.3) is 0 Å². The molecule has 124 valence electrons. The average Bonchev–Trinajstić information content (AvgIpc) is 3.21. The molecule has 3 aromatic rings. The molecule has 0 aromatic carbocycles. The van der Waals surface area contributed by atoms with Crippen molar-refractivity contribution < 1.29 is 9.15 Å². The van der Waals surface area contributed by atoms with Crippen molar-refractivity contribution >= 4 is 0 Å². The van der Waals surface area contributed by atoms with E-state index in [1.54, 1.807) is 18.7 Å². The van der Waals surface area contributed by atoms with E-state index in [-0.39, 0.29) is 0 Å². The van der Waals surface area contributed by atoms with Crippen molar-refractivity contribution in [1.29, 1.82) is 0 Å². The van der Waals surface area contributed by atoms with Gasteiger partial charge in [0.2, 0.25) is 5.88 Å². The third kappa shape index (κ3) is 3.30. The van der Waals surface area contributed by atoms with Crippen LogP contribution in [0.5, 0.6) is 5.88 Å². The first-order valence-corrected chi connectivity index (χ1v) is 8.07. The molecule has 7 heteroatoms. The van der Waals surface area contributed by atoms with E-state index in [4.69, 9.17) is 9.15 Å². The van der Waals surface area contributed by atoms with Gasteiger partial charge in [0.1, 0.15) is 12.4 Å². The lowest BCUT2D eigenvalue weighted by atomic mass is 10.3. The van der Waals surface area contributed by atoms with Crippen molar-refractivity contribution in [3.63, 3.8) is 0 Å². The molecule has 0 saturated heterocycles. The predicted molar refractivity (Wildman–Crippen MR) is 86.3 cm³/mol. The van der Waals surface area contributed by atoms with Gasteiger partial charge in [-0.2, -0.15) is 0 Å². The van der Waals surface area contributed by atoms with Crippen LogP contribution in [0.15, 0.2) is 47.4 Å². The SMILES string of the molecule is c1ccc(OCc2nnc3n2CCN(Cc2ccoc2)CC3)nc1. The van der Waals surface area contributed by atoms with Gasteiger partial charge >= 0.3 is 0 Å². The molecule has 7 nitrogen and oxygen atoms in total. The molecule has 0 unspecified atom stereocenters. The Morgan fingerprint density at radius 3 is 2.96 bits per heavy atom. The van der Waals surface area contributed by atoms with Crippen molar-refractivity contribution in [2.75, 3.05) is 13.1 Å². The third-order valence-corrected chi connectivity index (χ3v) is 4.17. The summed E-state index contributed by atoms with van der Waals surface area (Å²) in [5.74, 6) is 2.47.